The molecule has 17 heavy (non-hydrogen) atoms. The second-order valence-electron chi connectivity index (χ2n) is 5.14. The Labute approximate surface area is 104 Å². The Kier molecular flexibility index (Phi) is 7.04. The summed E-state index contributed by atoms with van der Waals surface area (Å²) in [6, 6.07) is -0.367. The molecule has 1 amide bonds. The Morgan fingerprint density at radius 2 is 1.88 bits per heavy atom. The van der Waals surface area contributed by atoms with Gasteiger partial charge in [0.15, 0.2) is 5.78 Å². The molecule has 0 aromatic rings. The van der Waals surface area contributed by atoms with Gasteiger partial charge < -0.3 is 11.1 Å². The van der Waals surface area contributed by atoms with Crippen molar-refractivity contribution in [3.63, 3.8) is 0 Å². The summed E-state index contributed by atoms with van der Waals surface area (Å²) in [6.07, 6.45) is 3.21. The summed E-state index contributed by atoms with van der Waals surface area (Å²) in [4.78, 5) is 23.4. The van der Waals surface area contributed by atoms with Crippen LogP contribution in [0.4, 0.5) is 0 Å². The number of rotatable bonds is 8. The molecule has 4 nitrogen and oxygen atoms in total. The van der Waals surface area contributed by atoms with Crippen molar-refractivity contribution in [3.05, 3.63) is 0 Å². The van der Waals surface area contributed by atoms with Crippen LogP contribution in [0.2, 0.25) is 0 Å². The summed E-state index contributed by atoms with van der Waals surface area (Å²) >= 11 is 0. The van der Waals surface area contributed by atoms with Gasteiger partial charge in [-0.25, -0.2) is 0 Å². The van der Waals surface area contributed by atoms with E-state index in [1.807, 2.05) is 20.8 Å². The molecule has 0 saturated heterocycles. The van der Waals surface area contributed by atoms with Gasteiger partial charge in [-0.3, -0.25) is 9.59 Å². The molecule has 100 valence electrons. The van der Waals surface area contributed by atoms with Gasteiger partial charge in [-0.05, 0) is 32.2 Å². The molecule has 0 saturated carbocycles. The molecule has 0 fully saturated rings. The molecule has 0 aliphatic rings. The highest BCUT2D eigenvalue weighted by atomic mass is 16.2. The van der Waals surface area contributed by atoms with E-state index >= 15 is 0 Å². The van der Waals surface area contributed by atoms with Crippen LogP contribution in [0.3, 0.4) is 0 Å². The maximum atomic E-state index is 12.3. The van der Waals surface area contributed by atoms with Crippen LogP contribution in [-0.4, -0.2) is 24.3 Å². The molecule has 0 heterocycles. The number of Topliss-reactive ketones (excluding diaryl/α,β-unsaturated/α-hetero) is 1. The minimum absolute atomic E-state index is 0.118. The summed E-state index contributed by atoms with van der Waals surface area (Å²) in [7, 11) is 0. The van der Waals surface area contributed by atoms with Crippen LogP contribution in [0.5, 0.6) is 0 Å². The van der Waals surface area contributed by atoms with Gasteiger partial charge >= 0.3 is 0 Å². The zero-order valence-electron chi connectivity index (χ0n) is 11.5. The summed E-state index contributed by atoms with van der Waals surface area (Å²) < 4.78 is 0. The van der Waals surface area contributed by atoms with E-state index in [0.717, 1.165) is 19.3 Å². The minimum Gasteiger partial charge on any atom is -0.347 e. The average molecular weight is 242 g/mol. The quantitative estimate of drug-likeness (QED) is 0.635. The van der Waals surface area contributed by atoms with E-state index in [1.54, 1.807) is 0 Å². The van der Waals surface area contributed by atoms with Gasteiger partial charge in [-0.1, -0.05) is 20.8 Å². The lowest BCUT2D eigenvalue weighted by Crippen LogP contribution is -2.45. The van der Waals surface area contributed by atoms with Gasteiger partial charge in [0.05, 0.1) is 6.04 Å². The number of hydrogen-bond acceptors (Lipinski definition) is 3. The van der Waals surface area contributed by atoms with Crippen molar-refractivity contribution in [2.45, 2.75) is 59.4 Å². The zero-order chi connectivity index (χ0) is 13.5. The van der Waals surface area contributed by atoms with Gasteiger partial charge in [-0.15, -0.1) is 0 Å². The smallest absolute Gasteiger partial charge is 0.217 e. The van der Waals surface area contributed by atoms with Gasteiger partial charge in [0.25, 0.3) is 0 Å². The van der Waals surface area contributed by atoms with Crippen molar-refractivity contribution in [1.29, 1.82) is 0 Å². The maximum Gasteiger partial charge on any atom is 0.217 e. The summed E-state index contributed by atoms with van der Waals surface area (Å²) in [5, 5.41) is 2.75. The number of nitrogens with one attached hydrogen (secondary N) is 1. The molecule has 1 atom stereocenters. The van der Waals surface area contributed by atoms with E-state index in [1.165, 1.54) is 6.92 Å². The van der Waals surface area contributed by atoms with Crippen LogP contribution in [-0.2, 0) is 9.59 Å². The second-order valence-corrected chi connectivity index (χ2v) is 5.14. The fraction of sp³-hybridized carbons (Fsp3) is 0.846. The minimum atomic E-state index is -0.379. The number of hydrogen-bond donors (Lipinski definition) is 2. The molecule has 0 radical (unpaired) electrons. The molecule has 3 N–H and O–H groups in total. The number of ketones is 1. The van der Waals surface area contributed by atoms with Gasteiger partial charge in [0.1, 0.15) is 0 Å². The Hall–Kier alpha value is -0.900. The highest BCUT2D eigenvalue weighted by molar-refractivity contribution is 5.92. The predicted octanol–water partition coefficient (Wildman–Crippen LogP) is 1.63. The van der Waals surface area contributed by atoms with Crippen LogP contribution in [0.15, 0.2) is 0 Å². The van der Waals surface area contributed by atoms with E-state index in [9.17, 15) is 9.59 Å². The number of unbranched alkanes of at least 4 members (excludes halogenated alkanes) is 1. The zero-order valence-corrected chi connectivity index (χ0v) is 11.5. The van der Waals surface area contributed by atoms with Crippen molar-refractivity contribution >= 4 is 11.7 Å². The molecule has 0 bridgehead atoms. The molecule has 0 aromatic carbocycles. The molecular formula is C13H26N2O2. The lowest BCUT2D eigenvalue weighted by Gasteiger charge is -2.27. The maximum absolute atomic E-state index is 12.3. The Morgan fingerprint density at radius 1 is 1.29 bits per heavy atom. The number of nitrogens with two attached hydrogens (primary N) is 1. The summed E-state index contributed by atoms with van der Waals surface area (Å²) in [6.45, 7) is 7.91. The first kappa shape index (κ1) is 16.1. The molecule has 0 aliphatic heterocycles. The van der Waals surface area contributed by atoms with Gasteiger partial charge in [-0.2, -0.15) is 0 Å². The van der Waals surface area contributed by atoms with E-state index in [2.05, 4.69) is 5.32 Å². The largest absolute Gasteiger partial charge is 0.347 e. The molecule has 1 unspecified atom stereocenters. The predicted molar refractivity (Wildman–Crippen MR) is 69.6 cm³/mol. The topological polar surface area (TPSA) is 72.2 Å². The lowest BCUT2D eigenvalue weighted by molar-refractivity contribution is -0.132. The third-order valence-electron chi connectivity index (χ3n) is 3.19. The average Bonchev–Trinajstić information content (AvgIpc) is 2.26. The fourth-order valence-corrected chi connectivity index (χ4v) is 1.65. The standard InChI is InChI=1S/C13H26N2O2/c1-5-13(3,4)12(17)11(15-10(2)16)8-6-7-9-14/h11H,5-9,14H2,1-4H3,(H,15,16). The highest BCUT2D eigenvalue weighted by Gasteiger charge is 2.32. The van der Waals surface area contributed by atoms with E-state index in [-0.39, 0.29) is 23.1 Å². The van der Waals surface area contributed by atoms with Crippen LogP contribution >= 0.6 is 0 Å². The fourth-order valence-electron chi connectivity index (χ4n) is 1.65. The van der Waals surface area contributed by atoms with Crippen molar-refractivity contribution in [1.82, 2.24) is 5.32 Å². The molecule has 0 aromatic heterocycles. The Morgan fingerprint density at radius 3 is 2.29 bits per heavy atom. The Bertz CT molecular complexity index is 262. The third-order valence-corrected chi connectivity index (χ3v) is 3.19. The molecule has 0 aliphatic carbocycles. The van der Waals surface area contributed by atoms with Crippen LogP contribution < -0.4 is 11.1 Å². The van der Waals surface area contributed by atoms with E-state index in [4.69, 9.17) is 5.73 Å². The third kappa shape index (κ3) is 5.82. The monoisotopic (exact) mass is 242 g/mol. The van der Waals surface area contributed by atoms with E-state index < -0.39 is 0 Å². The van der Waals surface area contributed by atoms with Crippen molar-refractivity contribution < 1.29 is 9.59 Å². The van der Waals surface area contributed by atoms with Crippen LogP contribution in [0.1, 0.15) is 53.4 Å². The number of carbonyl (C=O) groups is 2. The first-order valence-electron chi connectivity index (χ1n) is 6.36. The summed E-state index contributed by atoms with van der Waals surface area (Å²) in [5.41, 5.74) is 5.05. The molecule has 0 rings (SSSR count). The first-order chi connectivity index (χ1) is 7.85. The van der Waals surface area contributed by atoms with Crippen LogP contribution in [0, 0.1) is 5.41 Å². The SMILES string of the molecule is CCC(C)(C)C(=O)C(CCCCN)NC(C)=O. The number of carbonyl (C=O) groups excluding carboxylic acids is 2. The lowest BCUT2D eigenvalue weighted by atomic mass is 9.80. The Balaban J connectivity index is 4.55. The molecule has 4 heteroatoms. The van der Waals surface area contributed by atoms with Crippen molar-refractivity contribution in [3.8, 4) is 0 Å². The number of amides is 1. The van der Waals surface area contributed by atoms with Gasteiger partial charge in [0, 0.05) is 12.3 Å². The van der Waals surface area contributed by atoms with Crippen molar-refractivity contribution in [2.75, 3.05) is 6.54 Å². The van der Waals surface area contributed by atoms with Crippen molar-refractivity contribution in [2.24, 2.45) is 11.1 Å². The second kappa shape index (κ2) is 7.43. The summed E-state index contributed by atoms with van der Waals surface area (Å²) in [5.74, 6) is -0.0322. The first-order valence-corrected chi connectivity index (χ1v) is 6.36. The van der Waals surface area contributed by atoms with Gasteiger partial charge in [0.2, 0.25) is 5.91 Å². The normalized spacial score (nSPS) is 13.2. The molecule has 0 spiro atoms. The highest BCUT2D eigenvalue weighted by Crippen LogP contribution is 2.24. The van der Waals surface area contributed by atoms with Crippen LogP contribution in [0.25, 0.3) is 0 Å². The molecular weight excluding hydrogens is 216 g/mol. The van der Waals surface area contributed by atoms with E-state index in [0.29, 0.717) is 13.0 Å².